The number of aromatic nitrogens is 3. The first-order valence-corrected chi connectivity index (χ1v) is 13.2. The van der Waals surface area contributed by atoms with E-state index >= 15 is 4.39 Å². The van der Waals surface area contributed by atoms with E-state index in [-0.39, 0.29) is 35.7 Å². The average molecular weight is 579 g/mol. The molecular formula is C29H21Cl2FN4O4. The molecule has 1 aliphatic heterocycles. The van der Waals surface area contributed by atoms with Crippen LogP contribution in [0.3, 0.4) is 0 Å². The number of pyridine rings is 1. The van der Waals surface area contributed by atoms with Gasteiger partial charge in [-0.2, -0.15) is 0 Å². The molecule has 2 aromatic heterocycles. The Morgan fingerprint density at radius 3 is 2.38 bits per heavy atom. The molecule has 2 aliphatic rings. The summed E-state index contributed by atoms with van der Waals surface area (Å²) in [4.78, 5) is 40.8. The second kappa shape index (κ2) is 10.0. The van der Waals surface area contributed by atoms with Gasteiger partial charge in [0.25, 0.3) is 5.91 Å². The molecule has 1 amide bonds. The zero-order valence-corrected chi connectivity index (χ0v) is 22.4. The van der Waals surface area contributed by atoms with E-state index in [1.807, 2.05) is 0 Å². The summed E-state index contributed by atoms with van der Waals surface area (Å²) >= 11 is 12.2. The number of fused-ring (bicyclic) bond motifs is 1. The van der Waals surface area contributed by atoms with Crippen LogP contribution in [0.25, 0.3) is 0 Å². The van der Waals surface area contributed by atoms with Crippen molar-refractivity contribution in [2.24, 2.45) is 0 Å². The van der Waals surface area contributed by atoms with E-state index in [1.165, 1.54) is 29.6 Å². The van der Waals surface area contributed by atoms with Crippen molar-refractivity contribution in [2.75, 3.05) is 6.61 Å². The van der Waals surface area contributed by atoms with Gasteiger partial charge in [0.2, 0.25) is 11.6 Å². The zero-order valence-electron chi connectivity index (χ0n) is 20.9. The molecule has 0 bridgehead atoms. The minimum atomic E-state index is -1.80. The van der Waals surface area contributed by atoms with Crippen LogP contribution in [0.4, 0.5) is 4.39 Å². The second-order valence-corrected chi connectivity index (χ2v) is 10.7. The van der Waals surface area contributed by atoms with Gasteiger partial charge in [-0.3, -0.25) is 19.5 Å². The lowest BCUT2D eigenvalue weighted by molar-refractivity contribution is -0.139. The molecule has 4 aromatic rings. The molecule has 40 heavy (non-hydrogen) atoms. The predicted molar refractivity (Wildman–Crippen MR) is 143 cm³/mol. The second-order valence-electron chi connectivity index (χ2n) is 9.81. The molecule has 1 fully saturated rings. The topological polar surface area (TPSA) is 106 Å². The lowest BCUT2D eigenvalue weighted by atomic mass is 9.91. The quantitative estimate of drug-likeness (QED) is 0.295. The Kier molecular flexibility index (Phi) is 6.62. The standard InChI is InChI=1S/C29H21Cl2FN4O4/c30-19-4-2-18(3-5-19)29(40-16-28(39)8-9-28)24-22(27(38)36(29)15-21-7-6-20(31)14-35-21)12-17(13-23(24)32)25(37)26-33-10-1-11-34-26/h1-7,10-14,39H,8-9,15-16H2/t29-/m1/s1. The number of nitrogens with zero attached hydrogens (tertiary/aromatic N) is 4. The van der Waals surface area contributed by atoms with Crippen LogP contribution >= 0.6 is 23.2 Å². The first kappa shape index (κ1) is 26.5. The molecule has 0 saturated heterocycles. The van der Waals surface area contributed by atoms with Gasteiger partial charge in [0.05, 0.1) is 40.6 Å². The highest BCUT2D eigenvalue weighted by atomic mass is 35.5. The number of amides is 1. The summed E-state index contributed by atoms with van der Waals surface area (Å²) in [5, 5.41) is 11.5. The van der Waals surface area contributed by atoms with Crippen molar-refractivity contribution in [2.45, 2.75) is 30.7 Å². The van der Waals surface area contributed by atoms with E-state index in [1.54, 1.807) is 42.5 Å². The highest BCUT2D eigenvalue weighted by Gasteiger charge is 2.56. The molecule has 202 valence electrons. The van der Waals surface area contributed by atoms with Crippen LogP contribution in [0.5, 0.6) is 0 Å². The van der Waals surface area contributed by atoms with E-state index in [9.17, 15) is 14.7 Å². The molecule has 3 heterocycles. The van der Waals surface area contributed by atoms with Gasteiger partial charge in [-0.1, -0.05) is 35.3 Å². The van der Waals surface area contributed by atoms with Gasteiger partial charge in [-0.25, -0.2) is 14.4 Å². The van der Waals surface area contributed by atoms with Crippen molar-refractivity contribution < 1.29 is 23.8 Å². The maximum absolute atomic E-state index is 16.3. The summed E-state index contributed by atoms with van der Waals surface area (Å²) in [6, 6.07) is 13.7. The van der Waals surface area contributed by atoms with Crippen molar-refractivity contribution in [1.82, 2.24) is 19.9 Å². The number of ether oxygens (including phenoxy) is 1. The van der Waals surface area contributed by atoms with Gasteiger partial charge in [0.15, 0.2) is 5.72 Å². The van der Waals surface area contributed by atoms with Crippen LogP contribution in [-0.2, 0) is 17.0 Å². The van der Waals surface area contributed by atoms with Crippen LogP contribution in [-0.4, -0.2) is 48.9 Å². The molecule has 1 aliphatic carbocycles. The number of ketones is 1. The summed E-state index contributed by atoms with van der Waals surface area (Å²) in [5.74, 6) is -2.20. The Labute approximate surface area is 238 Å². The van der Waals surface area contributed by atoms with E-state index in [2.05, 4.69) is 15.0 Å². The minimum Gasteiger partial charge on any atom is -0.387 e. The van der Waals surface area contributed by atoms with E-state index in [0.717, 1.165) is 6.07 Å². The highest BCUT2D eigenvalue weighted by Crippen LogP contribution is 2.49. The van der Waals surface area contributed by atoms with Crippen molar-refractivity contribution in [3.8, 4) is 0 Å². The number of rotatable bonds is 8. The fourth-order valence-corrected chi connectivity index (χ4v) is 5.04. The van der Waals surface area contributed by atoms with Crippen molar-refractivity contribution in [3.63, 3.8) is 0 Å². The monoisotopic (exact) mass is 578 g/mol. The Morgan fingerprint density at radius 2 is 1.73 bits per heavy atom. The summed E-state index contributed by atoms with van der Waals surface area (Å²) < 4.78 is 22.7. The lowest BCUT2D eigenvalue weighted by Crippen LogP contribution is -2.48. The Bertz CT molecular complexity index is 1620. The third kappa shape index (κ3) is 4.65. The van der Waals surface area contributed by atoms with Crippen LogP contribution in [0, 0.1) is 5.82 Å². The fourth-order valence-electron chi connectivity index (χ4n) is 4.80. The van der Waals surface area contributed by atoms with Crippen LogP contribution in [0.2, 0.25) is 10.0 Å². The van der Waals surface area contributed by atoms with Gasteiger partial charge >= 0.3 is 0 Å². The summed E-state index contributed by atoms with van der Waals surface area (Å²) in [6.45, 7) is -0.249. The number of hydrogen-bond donors (Lipinski definition) is 1. The van der Waals surface area contributed by atoms with Crippen molar-refractivity contribution >= 4 is 34.9 Å². The Morgan fingerprint density at radius 1 is 1.02 bits per heavy atom. The summed E-state index contributed by atoms with van der Waals surface area (Å²) in [7, 11) is 0. The number of hydrogen-bond acceptors (Lipinski definition) is 7. The van der Waals surface area contributed by atoms with Crippen LogP contribution in [0.15, 0.2) is 73.2 Å². The summed E-state index contributed by atoms with van der Waals surface area (Å²) in [6.07, 6.45) is 5.27. The summed E-state index contributed by atoms with van der Waals surface area (Å²) in [5.41, 5.74) is -2.25. The SMILES string of the molecule is O=C(c1cc(F)c2c(c1)C(=O)N(Cc1ccc(Cl)cn1)[C@@]2(OCC1(O)CC1)c1ccc(Cl)cc1)c1ncccn1. The van der Waals surface area contributed by atoms with Gasteiger partial charge in [0, 0.05) is 34.7 Å². The van der Waals surface area contributed by atoms with E-state index < -0.39 is 28.8 Å². The predicted octanol–water partition coefficient (Wildman–Crippen LogP) is 4.95. The van der Waals surface area contributed by atoms with Gasteiger partial charge in [-0.05, 0) is 55.3 Å². The van der Waals surface area contributed by atoms with Gasteiger partial charge in [-0.15, -0.1) is 0 Å². The molecular weight excluding hydrogens is 558 g/mol. The first-order chi connectivity index (χ1) is 19.2. The number of benzene rings is 2. The highest BCUT2D eigenvalue weighted by molar-refractivity contribution is 6.30. The molecule has 8 nitrogen and oxygen atoms in total. The molecule has 1 saturated carbocycles. The maximum atomic E-state index is 16.3. The van der Waals surface area contributed by atoms with Crippen LogP contribution < -0.4 is 0 Å². The van der Waals surface area contributed by atoms with Crippen molar-refractivity contribution in [1.29, 1.82) is 0 Å². The lowest BCUT2D eigenvalue weighted by Gasteiger charge is -2.40. The molecule has 0 unspecified atom stereocenters. The molecule has 2 aromatic carbocycles. The number of aliphatic hydroxyl groups is 1. The van der Waals surface area contributed by atoms with E-state index in [4.69, 9.17) is 27.9 Å². The number of carbonyl (C=O) groups excluding carboxylic acids is 2. The Hall–Kier alpha value is -3.76. The van der Waals surface area contributed by atoms with Crippen molar-refractivity contribution in [3.05, 3.63) is 123 Å². The molecule has 11 heteroatoms. The first-order valence-electron chi connectivity index (χ1n) is 12.4. The largest absolute Gasteiger partial charge is 0.387 e. The normalized spacial score (nSPS) is 19.0. The molecule has 1 N–H and O–H groups in total. The van der Waals surface area contributed by atoms with Gasteiger partial charge < -0.3 is 9.84 Å². The molecule has 6 rings (SSSR count). The van der Waals surface area contributed by atoms with E-state index in [0.29, 0.717) is 34.1 Å². The van der Waals surface area contributed by atoms with Gasteiger partial charge in [0.1, 0.15) is 5.82 Å². The molecule has 0 radical (unpaired) electrons. The average Bonchev–Trinajstić information content (AvgIpc) is 3.65. The smallest absolute Gasteiger partial charge is 0.257 e. The number of halogens is 3. The zero-order chi connectivity index (χ0) is 28.1. The third-order valence-electron chi connectivity index (χ3n) is 7.04. The molecule has 1 atom stereocenters. The minimum absolute atomic E-state index is 0.0639. The third-order valence-corrected chi connectivity index (χ3v) is 7.51. The van der Waals surface area contributed by atoms with Crippen LogP contribution in [0.1, 0.15) is 56.2 Å². The Balaban J connectivity index is 1.55. The molecule has 0 spiro atoms. The fraction of sp³-hybridized carbons (Fsp3) is 0.207. The number of carbonyl (C=O) groups is 2. The maximum Gasteiger partial charge on any atom is 0.257 e.